The Hall–Kier alpha value is -2.86. The third kappa shape index (κ3) is 4.82. The average molecular weight is 419 g/mol. The van der Waals surface area contributed by atoms with Gasteiger partial charge in [-0.2, -0.15) is 0 Å². The number of anilines is 1. The van der Waals surface area contributed by atoms with Crippen molar-refractivity contribution in [2.24, 2.45) is 0 Å². The van der Waals surface area contributed by atoms with Gasteiger partial charge in [-0.05, 0) is 30.5 Å². The van der Waals surface area contributed by atoms with Crippen LogP contribution in [0.4, 0.5) is 5.82 Å². The minimum absolute atomic E-state index is 0.140. The van der Waals surface area contributed by atoms with Crippen molar-refractivity contribution in [3.8, 4) is 11.3 Å². The summed E-state index contributed by atoms with van der Waals surface area (Å²) in [4.78, 5) is 25.9. The molecular weight excluding hydrogens is 392 g/mol. The molecule has 1 aliphatic rings. The van der Waals surface area contributed by atoms with E-state index in [1.807, 2.05) is 72.4 Å². The number of aromatic nitrogens is 2. The summed E-state index contributed by atoms with van der Waals surface area (Å²) in [6.45, 7) is 1.75. The molecule has 154 valence electrons. The molecule has 2 aromatic carbocycles. The van der Waals surface area contributed by atoms with Gasteiger partial charge in [0.2, 0.25) is 0 Å². The average Bonchev–Trinajstić information content (AvgIpc) is 3.33. The van der Waals surface area contributed by atoms with Crippen LogP contribution in [0.3, 0.4) is 0 Å². The molecule has 0 bridgehead atoms. The highest BCUT2D eigenvalue weighted by atomic mass is 32.2. The van der Waals surface area contributed by atoms with E-state index in [4.69, 9.17) is 4.98 Å². The van der Waals surface area contributed by atoms with Crippen molar-refractivity contribution in [1.29, 1.82) is 0 Å². The van der Waals surface area contributed by atoms with Gasteiger partial charge in [0.05, 0.1) is 5.69 Å². The maximum absolute atomic E-state index is 12.5. The van der Waals surface area contributed by atoms with Gasteiger partial charge >= 0.3 is 0 Å². The minimum atomic E-state index is 0.140. The normalized spacial score (nSPS) is 13.5. The van der Waals surface area contributed by atoms with Gasteiger partial charge in [-0.3, -0.25) is 4.79 Å². The van der Waals surface area contributed by atoms with E-state index in [0.29, 0.717) is 0 Å². The lowest BCUT2D eigenvalue weighted by Gasteiger charge is -2.15. The van der Waals surface area contributed by atoms with Gasteiger partial charge in [-0.15, -0.1) is 0 Å². The van der Waals surface area contributed by atoms with Gasteiger partial charge in [-0.1, -0.05) is 54.2 Å². The van der Waals surface area contributed by atoms with Gasteiger partial charge in [0.1, 0.15) is 5.82 Å². The van der Waals surface area contributed by atoms with Crippen LogP contribution in [0.2, 0.25) is 0 Å². The minimum Gasteiger partial charge on any atom is -0.363 e. The van der Waals surface area contributed by atoms with E-state index in [2.05, 4.69) is 17.1 Å². The Labute approximate surface area is 182 Å². The van der Waals surface area contributed by atoms with E-state index < -0.39 is 0 Å². The van der Waals surface area contributed by atoms with Crippen LogP contribution in [-0.2, 0) is 5.75 Å². The number of carbonyl (C=O) groups excluding carboxylic acids is 1. The molecule has 0 radical (unpaired) electrons. The molecule has 0 N–H and O–H groups in total. The number of likely N-dealkylation sites (tertiary alicyclic amines) is 1. The van der Waals surface area contributed by atoms with Crippen molar-refractivity contribution >= 4 is 23.5 Å². The molecule has 4 rings (SSSR count). The Kier molecular flexibility index (Phi) is 6.33. The summed E-state index contributed by atoms with van der Waals surface area (Å²) >= 11 is 1.61. The van der Waals surface area contributed by atoms with E-state index in [1.54, 1.807) is 11.8 Å². The van der Waals surface area contributed by atoms with Gasteiger partial charge in [0.15, 0.2) is 5.16 Å². The third-order valence-electron chi connectivity index (χ3n) is 5.18. The number of hydrogen-bond donors (Lipinski definition) is 0. The lowest BCUT2D eigenvalue weighted by molar-refractivity contribution is 0.0793. The van der Waals surface area contributed by atoms with E-state index >= 15 is 0 Å². The zero-order valence-corrected chi connectivity index (χ0v) is 18.2. The number of nitrogens with zero attached hydrogens (tertiary/aromatic N) is 4. The van der Waals surface area contributed by atoms with Crippen molar-refractivity contribution in [3.63, 3.8) is 0 Å². The summed E-state index contributed by atoms with van der Waals surface area (Å²) in [5, 5.41) is 0.747. The summed E-state index contributed by atoms with van der Waals surface area (Å²) in [5.41, 5.74) is 3.92. The van der Waals surface area contributed by atoms with Crippen LogP contribution in [-0.4, -0.2) is 48.0 Å². The molecule has 0 atom stereocenters. The zero-order chi connectivity index (χ0) is 20.9. The second kappa shape index (κ2) is 9.30. The van der Waals surface area contributed by atoms with E-state index in [-0.39, 0.29) is 5.91 Å². The van der Waals surface area contributed by atoms with Crippen molar-refractivity contribution in [2.45, 2.75) is 23.8 Å². The van der Waals surface area contributed by atoms with Crippen molar-refractivity contribution < 1.29 is 4.79 Å². The lowest BCUT2D eigenvalue weighted by atomic mass is 10.1. The molecule has 0 saturated carbocycles. The van der Waals surface area contributed by atoms with Crippen LogP contribution < -0.4 is 4.90 Å². The highest BCUT2D eigenvalue weighted by Crippen LogP contribution is 2.27. The summed E-state index contributed by atoms with van der Waals surface area (Å²) in [7, 11) is 3.98. The van der Waals surface area contributed by atoms with Crippen LogP contribution >= 0.6 is 11.8 Å². The van der Waals surface area contributed by atoms with Gasteiger partial charge < -0.3 is 9.80 Å². The smallest absolute Gasteiger partial charge is 0.253 e. The lowest BCUT2D eigenvalue weighted by Crippen LogP contribution is -2.27. The molecule has 1 aromatic heterocycles. The predicted octanol–water partition coefficient (Wildman–Crippen LogP) is 4.74. The molecule has 2 heterocycles. The quantitative estimate of drug-likeness (QED) is 0.428. The molecule has 6 heteroatoms. The number of amides is 1. The Morgan fingerprint density at radius 2 is 1.70 bits per heavy atom. The summed E-state index contributed by atoms with van der Waals surface area (Å²) in [6.07, 6.45) is 2.22. The van der Waals surface area contributed by atoms with Crippen molar-refractivity contribution in [1.82, 2.24) is 14.9 Å². The van der Waals surface area contributed by atoms with E-state index in [0.717, 1.165) is 65.0 Å². The van der Waals surface area contributed by atoms with Gasteiger partial charge in [0.25, 0.3) is 5.91 Å². The van der Waals surface area contributed by atoms with Crippen molar-refractivity contribution in [2.75, 3.05) is 32.1 Å². The predicted molar refractivity (Wildman–Crippen MR) is 123 cm³/mol. The second-order valence-corrected chi connectivity index (χ2v) is 8.58. The molecule has 1 amide bonds. The fourth-order valence-electron chi connectivity index (χ4n) is 3.46. The Balaban J connectivity index is 1.47. The SMILES string of the molecule is CN(C)c1cc(-c2ccccc2)nc(SCc2ccc(C(=O)N3CCCC3)cc2)n1. The molecule has 0 aliphatic carbocycles. The number of hydrogen-bond acceptors (Lipinski definition) is 5. The molecule has 1 saturated heterocycles. The Morgan fingerprint density at radius 1 is 1.00 bits per heavy atom. The molecule has 0 unspecified atom stereocenters. The molecule has 1 aliphatic heterocycles. The molecule has 1 fully saturated rings. The fourth-order valence-corrected chi connectivity index (χ4v) is 4.27. The first kappa shape index (κ1) is 20.4. The monoisotopic (exact) mass is 418 g/mol. The van der Waals surface area contributed by atoms with Crippen LogP contribution in [0.25, 0.3) is 11.3 Å². The van der Waals surface area contributed by atoms with Crippen LogP contribution in [0.15, 0.2) is 65.8 Å². The largest absolute Gasteiger partial charge is 0.363 e. The van der Waals surface area contributed by atoms with Gasteiger partial charge in [-0.25, -0.2) is 9.97 Å². The first-order valence-corrected chi connectivity index (χ1v) is 11.2. The first-order valence-electron chi connectivity index (χ1n) is 10.2. The van der Waals surface area contributed by atoms with Crippen LogP contribution in [0.5, 0.6) is 0 Å². The topological polar surface area (TPSA) is 49.3 Å². The Bertz CT molecular complexity index is 999. The fraction of sp³-hybridized carbons (Fsp3) is 0.292. The van der Waals surface area contributed by atoms with Crippen molar-refractivity contribution in [3.05, 3.63) is 71.8 Å². The first-order chi connectivity index (χ1) is 14.6. The highest BCUT2D eigenvalue weighted by molar-refractivity contribution is 7.98. The number of carbonyl (C=O) groups is 1. The number of rotatable bonds is 6. The Morgan fingerprint density at radius 3 is 2.37 bits per heavy atom. The van der Waals surface area contributed by atoms with Gasteiger partial charge in [0, 0.05) is 50.1 Å². The van der Waals surface area contributed by atoms with Crippen LogP contribution in [0, 0.1) is 0 Å². The molecule has 0 spiro atoms. The number of benzene rings is 2. The van der Waals surface area contributed by atoms with E-state index in [9.17, 15) is 4.79 Å². The summed E-state index contributed by atoms with van der Waals surface area (Å²) in [6, 6.07) is 20.1. The summed E-state index contributed by atoms with van der Waals surface area (Å²) in [5.74, 6) is 1.78. The molecule has 30 heavy (non-hydrogen) atoms. The number of thioether (sulfide) groups is 1. The summed E-state index contributed by atoms with van der Waals surface area (Å²) < 4.78 is 0. The maximum atomic E-state index is 12.5. The van der Waals surface area contributed by atoms with E-state index in [1.165, 1.54) is 0 Å². The maximum Gasteiger partial charge on any atom is 0.253 e. The molecule has 3 aromatic rings. The standard InChI is InChI=1S/C24H26N4OS/c1-27(2)22-16-21(19-8-4-3-5-9-19)25-24(26-22)30-17-18-10-12-20(13-11-18)23(29)28-14-6-7-15-28/h3-5,8-13,16H,6-7,14-15,17H2,1-2H3. The third-order valence-corrected chi connectivity index (χ3v) is 6.10. The molecular formula is C24H26N4OS. The zero-order valence-electron chi connectivity index (χ0n) is 17.4. The second-order valence-electron chi connectivity index (χ2n) is 7.64. The molecule has 5 nitrogen and oxygen atoms in total. The van der Waals surface area contributed by atoms with Crippen LogP contribution in [0.1, 0.15) is 28.8 Å². The highest BCUT2D eigenvalue weighted by Gasteiger charge is 2.19.